The number of aromatic amines is 1. The molecule has 29 heavy (non-hydrogen) atoms. The molecule has 1 aromatic heterocycles. The topological polar surface area (TPSA) is 64.1 Å². The van der Waals surface area contributed by atoms with E-state index >= 15 is 0 Å². The molecule has 2 aromatic carbocycles. The van der Waals surface area contributed by atoms with Crippen molar-refractivity contribution in [1.29, 1.82) is 0 Å². The van der Waals surface area contributed by atoms with Gasteiger partial charge in [0.15, 0.2) is 0 Å². The predicted octanol–water partition coefficient (Wildman–Crippen LogP) is 4.40. The van der Waals surface area contributed by atoms with Gasteiger partial charge < -0.3 is 4.74 Å². The first-order valence-corrected chi connectivity index (χ1v) is 9.22. The minimum atomic E-state index is -0.775. The molecule has 0 aliphatic carbocycles. The van der Waals surface area contributed by atoms with Crippen molar-refractivity contribution in [3.63, 3.8) is 0 Å². The number of hydrogen-bond donors (Lipinski definition) is 1. The van der Waals surface area contributed by atoms with Crippen molar-refractivity contribution in [3.8, 4) is 11.6 Å². The van der Waals surface area contributed by atoms with E-state index in [1.54, 1.807) is 26.0 Å². The third-order valence-electron chi connectivity index (χ3n) is 4.44. The van der Waals surface area contributed by atoms with Gasteiger partial charge in [0.05, 0.1) is 12.1 Å². The first-order chi connectivity index (χ1) is 13.6. The average Bonchev–Trinajstić information content (AvgIpc) is 2.56. The lowest BCUT2D eigenvalue weighted by Crippen LogP contribution is -2.38. The molecule has 0 aliphatic rings. The lowest BCUT2D eigenvalue weighted by Gasteiger charge is -2.16. The number of benzene rings is 2. The summed E-state index contributed by atoms with van der Waals surface area (Å²) < 4.78 is 33.7. The fourth-order valence-electron chi connectivity index (χ4n) is 3.29. The minimum Gasteiger partial charge on any atom is -0.440 e. The van der Waals surface area contributed by atoms with Crippen molar-refractivity contribution in [1.82, 2.24) is 9.55 Å². The Bertz CT molecular complexity index is 1140. The van der Waals surface area contributed by atoms with E-state index in [1.807, 2.05) is 19.9 Å². The van der Waals surface area contributed by atoms with E-state index in [2.05, 4.69) is 4.98 Å². The van der Waals surface area contributed by atoms with Crippen LogP contribution in [0.3, 0.4) is 0 Å². The fourth-order valence-corrected chi connectivity index (χ4v) is 3.29. The summed E-state index contributed by atoms with van der Waals surface area (Å²) in [6.45, 7) is 7.18. The molecule has 0 spiro atoms. The smallest absolute Gasteiger partial charge is 0.331 e. The molecule has 5 nitrogen and oxygen atoms in total. The molecule has 7 heteroatoms. The molecular weight excluding hydrogens is 378 g/mol. The monoisotopic (exact) mass is 400 g/mol. The summed E-state index contributed by atoms with van der Waals surface area (Å²) in [5.41, 5.74) is 1.13. The van der Waals surface area contributed by atoms with Crippen LogP contribution in [-0.2, 0) is 6.54 Å². The number of aryl methyl sites for hydroxylation is 2. The van der Waals surface area contributed by atoms with Crippen LogP contribution in [0, 0.1) is 25.5 Å². The van der Waals surface area contributed by atoms with Crippen LogP contribution in [0.4, 0.5) is 8.78 Å². The van der Waals surface area contributed by atoms with Crippen molar-refractivity contribution in [2.75, 3.05) is 0 Å². The number of nitrogens with zero attached hydrogens (tertiary/aromatic N) is 1. The van der Waals surface area contributed by atoms with Gasteiger partial charge in [-0.3, -0.25) is 14.3 Å². The van der Waals surface area contributed by atoms with Gasteiger partial charge in [-0.15, -0.1) is 0 Å². The van der Waals surface area contributed by atoms with Crippen LogP contribution >= 0.6 is 0 Å². The Kier molecular flexibility index (Phi) is 5.68. The van der Waals surface area contributed by atoms with Gasteiger partial charge in [0.25, 0.3) is 5.56 Å². The maximum atomic E-state index is 13.5. The standard InChI is InChI=1S/C22H22F2N2O3/c1-12(2)19-20(29-18-6-13(3)5-14(4)7-18)25-22(28)26(21(19)27)11-15-8-16(23)10-17(24)9-15/h5-10,12H,11H2,1-4H3,(H,25,28). The summed E-state index contributed by atoms with van der Waals surface area (Å²) in [6.07, 6.45) is 0. The summed E-state index contributed by atoms with van der Waals surface area (Å²) in [5, 5.41) is 0. The number of ether oxygens (including phenoxy) is 1. The number of rotatable bonds is 5. The molecule has 1 N–H and O–H groups in total. The van der Waals surface area contributed by atoms with Gasteiger partial charge in [-0.05, 0) is 60.7 Å². The molecule has 3 aromatic rings. The highest BCUT2D eigenvalue weighted by atomic mass is 19.1. The van der Waals surface area contributed by atoms with E-state index in [4.69, 9.17) is 4.74 Å². The number of nitrogens with one attached hydrogen (secondary N) is 1. The summed E-state index contributed by atoms with van der Waals surface area (Å²) in [6, 6.07) is 8.49. The number of H-pyrrole nitrogens is 1. The Morgan fingerprint density at radius 2 is 1.55 bits per heavy atom. The molecule has 0 atom stereocenters. The molecule has 152 valence electrons. The van der Waals surface area contributed by atoms with Gasteiger partial charge in [0.1, 0.15) is 17.4 Å². The van der Waals surface area contributed by atoms with Crippen molar-refractivity contribution in [3.05, 3.63) is 91.1 Å². The molecule has 0 radical (unpaired) electrons. The Balaban J connectivity index is 2.08. The Hall–Kier alpha value is -3.22. The van der Waals surface area contributed by atoms with Crippen LogP contribution < -0.4 is 16.0 Å². The van der Waals surface area contributed by atoms with Crippen molar-refractivity contribution >= 4 is 0 Å². The van der Waals surface area contributed by atoms with E-state index in [0.29, 0.717) is 5.75 Å². The zero-order valence-electron chi connectivity index (χ0n) is 16.7. The minimum absolute atomic E-state index is 0.0710. The second-order valence-electron chi connectivity index (χ2n) is 7.42. The zero-order chi connectivity index (χ0) is 21.3. The highest BCUT2D eigenvalue weighted by molar-refractivity contribution is 5.37. The zero-order valence-corrected chi connectivity index (χ0v) is 16.7. The average molecular weight is 400 g/mol. The maximum absolute atomic E-state index is 13.5. The molecular formula is C22H22F2N2O3. The van der Waals surface area contributed by atoms with E-state index in [-0.39, 0.29) is 29.5 Å². The highest BCUT2D eigenvalue weighted by Crippen LogP contribution is 2.26. The molecule has 0 unspecified atom stereocenters. The molecule has 0 saturated heterocycles. The SMILES string of the molecule is Cc1cc(C)cc(Oc2[nH]c(=O)n(Cc3cc(F)cc(F)c3)c(=O)c2C(C)C)c1. The summed E-state index contributed by atoms with van der Waals surface area (Å²) in [4.78, 5) is 28.2. The van der Waals surface area contributed by atoms with Crippen molar-refractivity contribution in [2.24, 2.45) is 0 Å². The Labute approximate surface area is 166 Å². The second kappa shape index (κ2) is 8.03. The Morgan fingerprint density at radius 3 is 2.10 bits per heavy atom. The first-order valence-electron chi connectivity index (χ1n) is 9.22. The van der Waals surface area contributed by atoms with Crippen molar-refractivity contribution < 1.29 is 13.5 Å². The third-order valence-corrected chi connectivity index (χ3v) is 4.44. The third kappa shape index (κ3) is 4.62. The van der Waals surface area contributed by atoms with Crippen LogP contribution in [0.15, 0.2) is 46.0 Å². The van der Waals surface area contributed by atoms with Crippen LogP contribution in [0.25, 0.3) is 0 Å². The van der Waals surface area contributed by atoms with Gasteiger partial charge in [0, 0.05) is 6.07 Å². The van der Waals surface area contributed by atoms with Crippen LogP contribution in [0.1, 0.15) is 42.0 Å². The van der Waals surface area contributed by atoms with E-state index in [1.165, 1.54) is 0 Å². The van der Waals surface area contributed by atoms with Gasteiger partial charge in [-0.1, -0.05) is 19.9 Å². The van der Waals surface area contributed by atoms with Gasteiger partial charge in [0.2, 0.25) is 5.88 Å². The predicted molar refractivity (Wildman–Crippen MR) is 107 cm³/mol. The first kappa shape index (κ1) is 20.5. The van der Waals surface area contributed by atoms with Crippen molar-refractivity contribution in [2.45, 2.75) is 40.2 Å². The second-order valence-corrected chi connectivity index (χ2v) is 7.42. The molecule has 1 heterocycles. The highest BCUT2D eigenvalue weighted by Gasteiger charge is 2.19. The van der Waals surface area contributed by atoms with Gasteiger partial charge in [-0.2, -0.15) is 0 Å². The molecule has 0 fully saturated rings. The van der Waals surface area contributed by atoms with Crippen LogP contribution in [0.5, 0.6) is 11.6 Å². The Morgan fingerprint density at radius 1 is 0.966 bits per heavy atom. The number of aromatic nitrogens is 2. The van der Waals surface area contributed by atoms with Gasteiger partial charge >= 0.3 is 5.69 Å². The van der Waals surface area contributed by atoms with Gasteiger partial charge in [-0.25, -0.2) is 13.6 Å². The quantitative estimate of drug-likeness (QED) is 0.691. The number of halogens is 2. The molecule has 0 bridgehead atoms. The fraction of sp³-hybridized carbons (Fsp3) is 0.273. The summed E-state index contributed by atoms with van der Waals surface area (Å²) in [5.74, 6) is -1.23. The lowest BCUT2D eigenvalue weighted by molar-refractivity contribution is 0.439. The molecule has 0 aliphatic heterocycles. The lowest BCUT2D eigenvalue weighted by atomic mass is 10.1. The van der Waals surface area contributed by atoms with Crippen LogP contribution in [0.2, 0.25) is 0 Å². The number of hydrogen-bond acceptors (Lipinski definition) is 3. The van der Waals surface area contributed by atoms with E-state index in [9.17, 15) is 18.4 Å². The molecule has 0 amide bonds. The summed E-state index contributed by atoms with van der Waals surface area (Å²) >= 11 is 0. The largest absolute Gasteiger partial charge is 0.440 e. The van der Waals surface area contributed by atoms with Crippen LogP contribution in [-0.4, -0.2) is 9.55 Å². The molecule has 0 saturated carbocycles. The summed E-state index contributed by atoms with van der Waals surface area (Å²) in [7, 11) is 0. The van der Waals surface area contributed by atoms with E-state index < -0.39 is 22.9 Å². The van der Waals surface area contributed by atoms with E-state index in [0.717, 1.165) is 33.9 Å². The molecule has 3 rings (SSSR count). The maximum Gasteiger partial charge on any atom is 0.331 e. The normalized spacial score (nSPS) is 11.1.